The first kappa shape index (κ1) is 11.7. The van der Waals surface area contributed by atoms with Crippen molar-refractivity contribution in [3.05, 3.63) is 41.8 Å². The maximum atomic E-state index is 11.1. The lowest BCUT2D eigenvalue weighted by molar-refractivity contribution is 0.0999. The number of aryl methyl sites for hydroxylation is 1. The summed E-state index contributed by atoms with van der Waals surface area (Å²) in [5.41, 5.74) is 12.3. The smallest absolute Gasteiger partial charge is 0.248 e. The fraction of sp³-hybridized carbons (Fsp3) is 0.333. The quantitative estimate of drug-likeness (QED) is 0.687. The minimum absolute atomic E-state index is 0.357. The fourth-order valence-corrected chi connectivity index (χ4v) is 1.50. The summed E-state index contributed by atoms with van der Waals surface area (Å²) in [6.07, 6.45) is 4.83. The van der Waals surface area contributed by atoms with Crippen LogP contribution in [0.2, 0.25) is 0 Å². The molecule has 0 aromatic heterocycles. The van der Waals surface area contributed by atoms with E-state index in [4.69, 9.17) is 11.5 Å². The number of rotatable bonds is 6. The topological polar surface area (TPSA) is 69.1 Å². The molecule has 0 atom stereocenters. The van der Waals surface area contributed by atoms with Gasteiger partial charge in [0.15, 0.2) is 0 Å². The summed E-state index contributed by atoms with van der Waals surface area (Å²) in [5.74, 6) is -0.357. The van der Waals surface area contributed by atoms with Gasteiger partial charge in [0.05, 0.1) is 0 Å². The van der Waals surface area contributed by atoms with Gasteiger partial charge in [0.1, 0.15) is 0 Å². The second-order valence-corrected chi connectivity index (χ2v) is 3.43. The molecule has 3 heteroatoms. The molecule has 3 nitrogen and oxygen atoms in total. The largest absolute Gasteiger partial charge is 0.366 e. The molecule has 0 fully saturated rings. The summed E-state index contributed by atoms with van der Waals surface area (Å²) in [4.78, 5) is 11.1. The van der Waals surface area contributed by atoms with Gasteiger partial charge in [0, 0.05) is 5.56 Å². The van der Waals surface area contributed by atoms with Gasteiger partial charge in [-0.05, 0) is 43.9 Å². The zero-order valence-electron chi connectivity index (χ0n) is 8.78. The Balaban J connectivity index is 2.56. The van der Waals surface area contributed by atoms with Gasteiger partial charge in [-0.15, -0.1) is 0 Å². The SMILES string of the molecule is NCC[CH]CCc1ccccc1C(N)=O. The molecule has 15 heavy (non-hydrogen) atoms. The molecule has 4 N–H and O–H groups in total. The molecule has 0 saturated heterocycles. The van der Waals surface area contributed by atoms with Crippen molar-refractivity contribution in [3.63, 3.8) is 0 Å². The van der Waals surface area contributed by atoms with Crippen LogP contribution < -0.4 is 11.5 Å². The average molecular weight is 205 g/mol. The third kappa shape index (κ3) is 3.72. The van der Waals surface area contributed by atoms with Gasteiger partial charge in [0.25, 0.3) is 0 Å². The molecule has 0 aliphatic carbocycles. The molecule has 0 aliphatic heterocycles. The molecular weight excluding hydrogens is 188 g/mol. The molecule has 1 rings (SSSR count). The highest BCUT2D eigenvalue weighted by atomic mass is 16.1. The van der Waals surface area contributed by atoms with Gasteiger partial charge in [-0.25, -0.2) is 0 Å². The number of primary amides is 1. The molecule has 0 aliphatic rings. The molecular formula is C12H17N2O. The van der Waals surface area contributed by atoms with Crippen molar-refractivity contribution < 1.29 is 4.79 Å². The maximum absolute atomic E-state index is 11.1. The Morgan fingerprint density at radius 2 is 2.00 bits per heavy atom. The summed E-state index contributed by atoms with van der Waals surface area (Å²) >= 11 is 0. The molecule has 1 radical (unpaired) electrons. The number of benzene rings is 1. The van der Waals surface area contributed by atoms with Crippen molar-refractivity contribution in [1.29, 1.82) is 0 Å². The van der Waals surface area contributed by atoms with Gasteiger partial charge >= 0.3 is 0 Å². The van der Waals surface area contributed by atoms with Gasteiger partial charge in [0.2, 0.25) is 5.91 Å². The van der Waals surface area contributed by atoms with E-state index in [9.17, 15) is 4.79 Å². The first-order chi connectivity index (χ1) is 7.25. The number of hydrogen-bond acceptors (Lipinski definition) is 2. The van der Waals surface area contributed by atoms with Crippen LogP contribution >= 0.6 is 0 Å². The van der Waals surface area contributed by atoms with E-state index in [1.54, 1.807) is 6.07 Å². The zero-order chi connectivity index (χ0) is 11.1. The van der Waals surface area contributed by atoms with E-state index in [2.05, 4.69) is 6.42 Å². The Hall–Kier alpha value is -1.35. The van der Waals surface area contributed by atoms with Gasteiger partial charge < -0.3 is 11.5 Å². The number of amides is 1. The molecule has 0 unspecified atom stereocenters. The van der Waals surface area contributed by atoms with Crippen LogP contribution in [0.15, 0.2) is 24.3 Å². The number of unbranched alkanes of at least 4 members (excludes halogenated alkanes) is 2. The van der Waals surface area contributed by atoms with Crippen molar-refractivity contribution in [2.75, 3.05) is 6.54 Å². The average Bonchev–Trinajstić information content (AvgIpc) is 2.25. The molecule has 0 saturated carbocycles. The van der Waals surface area contributed by atoms with E-state index in [-0.39, 0.29) is 5.91 Å². The normalized spacial score (nSPS) is 10.2. The van der Waals surface area contributed by atoms with E-state index in [0.29, 0.717) is 12.1 Å². The third-order valence-corrected chi connectivity index (χ3v) is 2.27. The molecule has 0 spiro atoms. The van der Waals surface area contributed by atoms with Gasteiger partial charge in [-0.2, -0.15) is 0 Å². The van der Waals surface area contributed by atoms with E-state index in [0.717, 1.165) is 24.8 Å². The second-order valence-electron chi connectivity index (χ2n) is 3.43. The molecule has 1 aromatic rings. The number of nitrogens with two attached hydrogens (primary N) is 2. The second kappa shape index (κ2) is 6.19. The van der Waals surface area contributed by atoms with E-state index in [1.165, 1.54) is 0 Å². The van der Waals surface area contributed by atoms with Crippen LogP contribution in [0.4, 0.5) is 0 Å². The summed E-state index contributed by atoms with van der Waals surface area (Å²) in [6, 6.07) is 7.45. The Kier molecular flexibility index (Phi) is 4.84. The first-order valence-electron chi connectivity index (χ1n) is 5.15. The maximum Gasteiger partial charge on any atom is 0.248 e. The van der Waals surface area contributed by atoms with Gasteiger partial charge in [-0.3, -0.25) is 4.79 Å². The van der Waals surface area contributed by atoms with Crippen LogP contribution in [0, 0.1) is 6.42 Å². The lowest BCUT2D eigenvalue weighted by atomic mass is 10.0. The lowest BCUT2D eigenvalue weighted by Gasteiger charge is -2.05. The zero-order valence-corrected chi connectivity index (χ0v) is 8.78. The molecule has 81 valence electrons. The van der Waals surface area contributed by atoms with E-state index >= 15 is 0 Å². The summed E-state index contributed by atoms with van der Waals surface area (Å²) in [7, 11) is 0. The Morgan fingerprint density at radius 3 is 2.67 bits per heavy atom. The molecule has 1 amide bonds. The molecule has 0 heterocycles. The van der Waals surface area contributed by atoms with Crippen LogP contribution in [0.3, 0.4) is 0 Å². The van der Waals surface area contributed by atoms with Crippen molar-refractivity contribution in [3.8, 4) is 0 Å². The van der Waals surface area contributed by atoms with E-state index < -0.39 is 0 Å². The minimum Gasteiger partial charge on any atom is -0.366 e. The van der Waals surface area contributed by atoms with E-state index in [1.807, 2.05) is 18.2 Å². The Labute approximate surface area is 90.5 Å². The monoisotopic (exact) mass is 205 g/mol. The summed E-state index contributed by atoms with van der Waals surface area (Å²) in [5, 5.41) is 0. The highest BCUT2D eigenvalue weighted by Crippen LogP contribution is 2.11. The lowest BCUT2D eigenvalue weighted by Crippen LogP contribution is -2.13. The number of carbonyl (C=O) groups excluding carboxylic acids is 1. The standard InChI is InChI=1S/C12H17N2O/c13-9-5-1-2-6-10-7-3-4-8-11(10)12(14)15/h1,3-4,7-8H,2,5-6,9,13H2,(H2,14,15). The fourth-order valence-electron chi connectivity index (χ4n) is 1.50. The molecule has 1 aromatic carbocycles. The van der Waals surface area contributed by atoms with Crippen LogP contribution in [0.5, 0.6) is 0 Å². The summed E-state index contributed by atoms with van der Waals surface area (Å²) < 4.78 is 0. The highest BCUT2D eigenvalue weighted by Gasteiger charge is 2.05. The predicted molar refractivity (Wildman–Crippen MR) is 61.3 cm³/mol. The Bertz CT molecular complexity index is 323. The Morgan fingerprint density at radius 1 is 1.27 bits per heavy atom. The number of hydrogen-bond donors (Lipinski definition) is 2. The van der Waals surface area contributed by atoms with Crippen LogP contribution in [-0.2, 0) is 6.42 Å². The molecule has 0 bridgehead atoms. The summed E-state index contributed by atoms with van der Waals surface area (Å²) in [6.45, 7) is 0.678. The van der Waals surface area contributed by atoms with Crippen LogP contribution in [0.25, 0.3) is 0 Å². The van der Waals surface area contributed by atoms with Crippen molar-refractivity contribution >= 4 is 5.91 Å². The minimum atomic E-state index is -0.357. The van der Waals surface area contributed by atoms with Gasteiger partial charge in [-0.1, -0.05) is 18.2 Å². The third-order valence-electron chi connectivity index (χ3n) is 2.27. The van der Waals surface area contributed by atoms with Crippen molar-refractivity contribution in [2.24, 2.45) is 11.5 Å². The van der Waals surface area contributed by atoms with Crippen molar-refractivity contribution in [2.45, 2.75) is 19.3 Å². The highest BCUT2D eigenvalue weighted by molar-refractivity contribution is 5.94. The van der Waals surface area contributed by atoms with Crippen LogP contribution in [0.1, 0.15) is 28.8 Å². The number of carbonyl (C=O) groups is 1. The predicted octanol–water partition coefficient (Wildman–Crippen LogP) is 1.27. The van der Waals surface area contributed by atoms with Crippen LogP contribution in [-0.4, -0.2) is 12.5 Å². The van der Waals surface area contributed by atoms with Crippen molar-refractivity contribution in [1.82, 2.24) is 0 Å². The first-order valence-corrected chi connectivity index (χ1v) is 5.15.